The topological polar surface area (TPSA) is 54.2 Å². The van der Waals surface area contributed by atoms with E-state index in [2.05, 4.69) is 52.2 Å². The van der Waals surface area contributed by atoms with Gasteiger partial charge in [-0.25, -0.2) is 0 Å². The summed E-state index contributed by atoms with van der Waals surface area (Å²) in [6, 6.07) is 5.90. The molecule has 1 aromatic heterocycles. The molecule has 0 radical (unpaired) electrons. The van der Waals surface area contributed by atoms with Crippen LogP contribution in [0.2, 0.25) is 0 Å². The molecule has 7 heteroatoms. The van der Waals surface area contributed by atoms with Gasteiger partial charge in [-0.15, -0.1) is 0 Å². The highest BCUT2D eigenvalue weighted by molar-refractivity contribution is 9.11. The highest BCUT2D eigenvalue weighted by Crippen LogP contribution is 2.26. The van der Waals surface area contributed by atoms with E-state index in [1.165, 1.54) is 0 Å². The van der Waals surface area contributed by atoms with Crippen molar-refractivity contribution >= 4 is 31.9 Å². The zero-order valence-electron chi connectivity index (χ0n) is 10.8. The second kappa shape index (κ2) is 6.34. The van der Waals surface area contributed by atoms with Gasteiger partial charge >= 0.3 is 0 Å². The van der Waals surface area contributed by atoms with E-state index in [9.17, 15) is 0 Å². The molecule has 1 aromatic carbocycles. The van der Waals surface area contributed by atoms with Gasteiger partial charge in [-0.1, -0.05) is 37.0 Å². The van der Waals surface area contributed by atoms with Crippen LogP contribution in [0.4, 0.5) is 0 Å². The molecule has 1 fully saturated rings. The smallest absolute Gasteiger partial charge is 0.258 e. The van der Waals surface area contributed by atoms with Gasteiger partial charge < -0.3 is 9.84 Å². The summed E-state index contributed by atoms with van der Waals surface area (Å²) in [5.74, 6) is 1.29. The predicted octanol–water partition coefficient (Wildman–Crippen LogP) is 2.67. The lowest BCUT2D eigenvalue weighted by Gasteiger charge is -2.25. The molecule has 0 aliphatic carbocycles. The maximum atomic E-state index is 5.36. The SMILES string of the molecule is Brc1cc(Br)cc(-c2nc(CN3CCNCC3)no2)c1. The lowest BCUT2D eigenvalue weighted by atomic mass is 10.2. The highest BCUT2D eigenvalue weighted by Gasteiger charge is 2.15. The van der Waals surface area contributed by atoms with Crippen molar-refractivity contribution in [2.24, 2.45) is 0 Å². The van der Waals surface area contributed by atoms with Crippen LogP contribution in [-0.4, -0.2) is 41.2 Å². The van der Waals surface area contributed by atoms with Crippen molar-refractivity contribution in [2.75, 3.05) is 26.2 Å². The van der Waals surface area contributed by atoms with E-state index in [1.807, 2.05) is 18.2 Å². The van der Waals surface area contributed by atoms with Crippen LogP contribution in [-0.2, 0) is 6.54 Å². The van der Waals surface area contributed by atoms with Gasteiger partial charge in [0.15, 0.2) is 5.82 Å². The predicted molar refractivity (Wildman–Crippen MR) is 83.3 cm³/mol. The Morgan fingerprint density at radius 2 is 1.85 bits per heavy atom. The number of benzene rings is 1. The average Bonchev–Trinajstić information content (AvgIpc) is 2.87. The Bertz CT molecular complexity index is 576. The Hall–Kier alpha value is -0.760. The van der Waals surface area contributed by atoms with Crippen molar-refractivity contribution in [3.05, 3.63) is 33.0 Å². The van der Waals surface area contributed by atoms with E-state index < -0.39 is 0 Å². The maximum Gasteiger partial charge on any atom is 0.258 e. The number of halogens is 2. The highest BCUT2D eigenvalue weighted by atomic mass is 79.9. The maximum absolute atomic E-state index is 5.36. The van der Waals surface area contributed by atoms with Crippen molar-refractivity contribution in [1.82, 2.24) is 20.4 Å². The molecular formula is C13H14Br2N4O. The Morgan fingerprint density at radius 1 is 1.15 bits per heavy atom. The number of hydrogen-bond donors (Lipinski definition) is 1. The molecule has 0 bridgehead atoms. The van der Waals surface area contributed by atoms with E-state index in [0.717, 1.165) is 53.1 Å². The monoisotopic (exact) mass is 400 g/mol. The molecule has 1 aliphatic heterocycles. The number of piperazine rings is 1. The molecule has 0 saturated carbocycles. The summed E-state index contributed by atoms with van der Waals surface area (Å²) in [4.78, 5) is 6.80. The first-order valence-corrected chi connectivity index (χ1v) is 8.01. The second-order valence-electron chi connectivity index (χ2n) is 4.70. The summed E-state index contributed by atoms with van der Waals surface area (Å²) in [7, 11) is 0. The Morgan fingerprint density at radius 3 is 2.55 bits per heavy atom. The van der Waals surface area contributed by atoms with Crippen molar-refractivity contribution in [3.8, 4) is 11.5 Å². The van der Waals surface area contributed by atoms with Crippen molar-refractivity contribution in [2.45, 2.75) is 6.54 Å². The number of nitrogens with zero attached hydrogens (tertiary/aromatic N) is 3. The van der Waals surface area contributed by atoms with E-state index in [4.69, 9.17) is 4.52 Å². The van der Waals surface area contributed by atoms with Gasteiger partial charge in [0, 0.05) is 40.7 Å². The van der Waals surface area contributed by atoms with Gasteiger partial charge in [0.2, 0.25) is 0 Å². The van der Waals surface area contributed by atoms with Crippen LogP contribution in [0.15, 0.2) is 31.7 Å². The quantitative estimate of drug-likeness (QED) is 0.856. The fraction of sp³-hybridized carbons (Fsp3) is 0.385. The fourth-order valence-corrected chi connectivity index (χ4v) is 3.48. The van der Waals surface area contributed by atoms with Gasteiger partial charge in [0.1, 0.15) is 0 Å². The van der Waals surface area contributed by atoms with Crippen LogP contribution in [0.25, 0.3) is 11.5 Å². The van der Waals surface area contributed by atoms with E-state index in [0.29, 0.717) is 5.89 Å². The molecule has 0 spiro atoms. The summed E-state index contributed by atoms with van der Waals surface area (Å²) >= 11 is 6.92. The average molecular weight is 402 g/mol. The molecular weight excluding hydrogens is 388 g/mol. The molecule has 0 amide bonds. The van der Waals surface area contributed by atoms with Crippen molar-refractivity contribution < 1.29 is 4.52 Å². The van der Waals surface area contributed by atoms with Gasteiger partial charge in [-0.3, -0.25) is 4.90 Å². The van der Waals surface area contributed by atoms with E-state index in [1.54, 1.807) is 0 Å². The molecule has 3 rings (SSSR count). The zero-order chi connectivity index (χ0) is 13.9. The Balaban J connectivity index is 1.75. The number of nitrogens with one attached hydrogen (secondary N) is 1. The van der Waals surface area contributed by atoms with Crippen LogP contribution < -0.4 is 5.32 Å². The summed E-state index contributed by atoms with van der Waals surface area (Å²) in [5.41, 5.74) is 0.908. The Labute approximate surface area is 134 Å². The van der Waals surface area contributed by atoms with E-state index in [-0.39, 0.29) is 0 Å². The molecule has 0 atom stereocenters. The summed E-state index contributed by atoms with van der Waals surface area (Å²) in [5, 5.41) is 7.39. The third-order valence-corrected chi connectivity index (χ3v) is 4.07. The van der Waals surface area contributed by atoms with Gasteiger partial charge in [0.05, 0.1) is 6.54 Å². The minimum Gasteiger partial charge on any atom is -0.334 e. The summed E-state index contributed by atoms with van der Waals surface area (Å²) < 4.78 is 7.31. The molecule has 1 saturated heterocycles. The van der Waals surface area contributed by atoms with Gasteiger partial charge in [0.25, 0.3) is 5.89 Å². The largest absolute Gasteiger partial charge is 0.334 e. The molecule has 2 aromatic rings. The summed E-state index contributed by atoms with van der Waals surface area (Å²) in [6.45, 7) is 4.81. The lowest BCUT2D eigenvalue weighted by Crippen LogP contribution is -2.43. The number of rotatable bonds is 3. The number of hydrogen-bond acceptors (Lipinski definition) is 5. The fourth-order valence-electron chi connectivity index (χ4n) is 2.18. The summed E-state index contributed by atoms with van der Waals surface area (Å²) in [6.07, 6.45) is 0. The van der Waals surface area contributed by atoms with Gasteiger partial charge in [-0.2, -0.15) is 4.98 Å². The van der Waals surface area contributed by atoms with Crippen LogP contribution in [0.5, 0.6) is 0 Å². The van der Waals surface area contributed by atoms with Crippen LogP contribution in [0.1, 0.15) is 5.82 Å². The van der Waals surface area contributed by atoms with Crippen molar-refractivity contribution in [1.29, 1.82) is 0 Å². The molecule has 106 valence electrons. The molecule has 1 N–H and O–H groups in total. The van der Waals surface area contributed by atoms with Crippen LogP contribution in [0, 0.1) is 0 Å². The lowest BCUT2D eigenvalue weighted by molar-refractivity contribution is 0.225. The molecule has 2 heterocycles. The van der Waals surface area contributed by atoms with Crippen LogP contribution >= 0.6 is 31.9 Å². The first-order valence-electron chi connectivity index (χ1n) is 6.43. The minimum atomic E-state index is 0.553. The standard InChI is InChI=1S/C13H14Br2N4O/c14-10-5-9(6-11(15)7-10)13-17-12(18-20-13)8-19-3-1-16-2-4-19/h5-7,16H,1-4,8H2. The molecule has 1 aliphatic rings. The first-order chi connectivity index (χ1) is 9.70. The number of aromatic nitrogens is 2. The van der Waals surface area contributed by atoms with Gasteiger partial charge in [-0.05, 0) is 18.2 Å². The third kappa shape index (κ3) is 3.46. The second-order valence-corrected chi connectivity index (χ2v) is 6.53. The van der Waals surface area contributed by atoms with Crippen LogP contribution in [0.3, 0.4) is 0 Å². The zero-order valence-corrected chi connectivity index (χ0v) is 13.9. The normalized spacial score (nSPS) is 16.5. The molecule has 0 unspecified atom stereocenters. The van der Waals surface area contributed by atoms with Crippen molar-refractivity contribution in [3.63, 3.8) is 0 Å². The molecule has 20 heavy (non-hydrogen) atoms. The minimum absolute atomic E-state index is 0.553. The third-order valence-electron chi connectivity index (χ3n) is 3.15. The Kier molecular flexibility index (Phi) is 4.50. The molecule has 5 nitrogen and oxygen atoms in total. The van der Waals surface area contributed by atoms with E-state index >= 15 is 0 Å². The first kappa shape index (κ1) is 14.2.